The van der Waals surface area contributed by atoms with E-state index >= 15 is 0 Å². The van der Waals surface area contributed by atoms with Gasteiger partial charge in [0.05, 0.1) is 0 Å². The third-order valence-electron chi connectivity index (χ3n) is 2.30. The Bertz CT molecular complexity index is 371. The van der Waals surface area contributed by atoms with Gasteiger partial charge in [-0.05, 0) is 17.2 Å². The molecule has 14 heavy (non-hydrogen) atoms. The van der Waals surface area contributed by atoms with Gasteiger partial charge in [0.2, 0.25) is 0 Å². The number of carbonyl (C=O) groups is 1. The van der Waals surface area contributed by atoms with Crippen molar-refractivity contribution in [2.24, 2.45) is 0 Å². The van der Waals surface area contributed by atoms with Crippen molar-refractivity contribution in [3.63, 3.8) is 0 Å². The molecule has 1 aromatic carbocycles. The molecule has 0 aromatic heterocycles. The Kier molecular flexibility index (Phi) is 2.33. The van der Waals surface area contributed by atoms with Crippen molar-refractivity contribution >= 4 is 12.5 Å². The normalized spacial score (nSPS) is 24.1. The number of aliphatic hydroxyl groups is 1. The average Bonchev–Trinajstić information content (AvgIpc) is 2.23. The molecule has 0 fully saturated rings. The maximum Gasteiger partial charge on any atom is 0.293 e. The Balaban J connectivity index is 2.34. The molecular formula is C11H10O3. The van der Waals surface area contributed by atoms with E-state index < -0.39 is 12.2 Å². The van der Waals surface area contributed by atoms with Crippen molar-refractivity contribution in [1.82, 2.24) is 0 Å². The molecule has 1 aromatic rings. The summed E-state index contributed by atoms with van der Waals surface area (Å²) in [6.07, 6.45) is 2.20. The molecule has 1 aliphatic rings. The van der Waals surface area contributed by atoms with E-state index in [9.17, 15) is 9.90 Å². The first-order valence-corrected chi connectivity index (χ1v) is 4.37. The summed E-state index contributed by atoms with van der Waals surface area (Å²) in [4.78, 5) is 10.2. The fraction of sp³-hybridized carbons (Fsp3) is 0.182. The highest BCUT2D eigenvalue weighted by Gasteiger charge is 2.24. The molecule has 0 amide bonds. The Hall–Kier alpha value is -1.61. The number of rotatable bonds is 2. The summed E-state index contributed by atoms with van der Waals surface area (Å²) in [6.45, 7) is 0.353. The van der Waals surface area contributed by atoms with Gasteiger partial charge in [-0.15, -0.1) is 0 Å². The third-order valence-corrected chi connectivity index (χ3v) is 2.30. The fourth-order valence-corrected chi connectivity index (χ4v) is 1.60. The number of hydrogen-bond donors (Lipinski definition) is 1. The van der Waals surface area contributed by atoms with E-state index in [1.54, 1.807) is 6.08 Å². The van der Waals surface area contributed by atoms with Crippen LogP contribution >= 0.6 is 0 Å². The van der Waals surface area contributed by atoms with Gasteiger partial charge < -0.3 is 9.84 Å². The number of hydrogen-bond acceptors (Lipinski definition) is 3. The van der Waals surface area contributed by atoms with E-state index in [0.717, 1.165) is 11.1 Å². The highest BCUT2D eigenvalue weighted by Crippen LogP contribution is 2.28. The van der Waals surface area contributed by atoms with Gasteiger partial charge in [-0.3, -0.25) is 4.79 Å². The van der Waals surface area contributed by atoms with E-state index in [4.69, 9.17) is 4.74 Å². The van der Waals surface area contributed by atoms with Crippen molar-refractivity contribution in [2.75, 3.05) is 0 Å². The predicted octanol–water partition coefficient (Wildman–Crippen LogP) is 1.29. The highest BCUT2D eigenvalue weighted by atomic mass is 16.5. The first-order valence-electron chi connectivity index (χ1n) is 4.37. The number of carbonyl (C=O) groups excluding carboxylic acids is 1. The van der Waals surface area contributed by atoms with Crippen molar-refractivity contribution in [2.45, 2.75) is 12.2 Å². The fourth-order valence-electron chi connectivity index (χ4n) is 1.60. The van der Waals surface area contributed by atoms with Crippen LogP contribution in [0.4, 0.5) is 0 Å². The van der Waals surface area contributed by atoms with Crippen molar-refractivity contribution in [3.05, 3.63) is 41.5 Å². The largest absolute Gasteiger partial charge is 0.457 e. The molecule has 0 heterocycles. The lowest BCUT2D eigenvalue weighted by atomic mass is 9.93. The molecule has 1 N–H and O–H groups in total. The smallest absolute Gasteiger partial charge is 0.293 e. The molecule has 0 saturated carbocycles. The Labute approximate surface area is 81.6 Å². The minimum absolute atomic E-state index is 0.353. The molecule has 1 aliphatic carbocycles. The van der Waals surface area contributed by atoms with E-state index in [1.807, 2.05) is 30.3 Å². The standard InChI is InChI=1S/C11H10O3/c12-7-14-10-6-5-8-3-1-2-4-9(8)11(10)13/h1-7,10-11,13H. The summed E-state index contributed by atoms with van der Waals surface area (Å²) in [7, 11) is 0. The van der Waals surface area contributed by atoms with Crippen LogP contribution in [-0.4, -0.2) is 17.7 Å². The highest BCUT2D eigenvalue weighted by molar-refractivity contribution is 5.58. The summed E-state index contributed by atoms with van der Waals surface area (Å²) in [5.74, 6) is 0. The molecule has 0 saturated heterocycles. The Morgan fingerprint density at radius 2 is 2.14 bits per heavy atom. The van der Waals surface area contributed by atoms with Gasteiger partial charge in [-0.2, -0.15) is 0 Å². The minimum atomic E-state index is -0.763. The van der Waals surface area contributed by atoms with Crippen LogP contribution in [0.3, 0.4) is 0 Å². The molecule has 72 valence electrons. The number of fused-ring (bicyclic) bond motifs is 1. The number of benzene rings is 1. The molecule has 0 bridgehead atoms. The monoisotopic (exact) mass is 190 g/mol. The molecule has 0 radical (unpaired) electrons. The van der Waals surface area contributed by atoms with E-state index in [1.165, 1.54) is 0 Å². The van der Waals surface area contributed by atoms with Gasteiger partial charge in [-0.25, -0.2) is 0 Å². The molecule has 2 rings (SSSR count). The molecule has 0 aliphatic heterocycles. The van der Waals surface area contributed by atoms with Crippen molar-refractivity contribution in [1.29, 1.82) is 0 Å². The van der Waals surface area contributed by atoms with Gasteiger partial charge in [-0.1, -0.05) is 30.3 Å². The van der Waals surface area contributed by atoms with Crippen LogP contribution in [0.5, 0.6) is 0 Å². The van der Waals surface area contributed by atoms with Crippen molar-refractivity contribution in [3.8, 4) is 0 Å². The summed E-state index contributed by atoms with van der Waals surface area (Å²) >= 11 is 0. The maximum atomic E-state index is 10.2. The predicted molar refractivity (Wildman–Crippen MR) is 51.4 cm³/mol. The van der Waals surface area contributed by atoms with E-state index in [2.05, 4.69) is 0 Å². The minimum Gasteiger partial charge on any atom is -0.457 e. The molecule has 3 heteroatoms. The van der Waals surface area contributed by atoms with Crippen LogP contribution in [0.25, 0.3) is 6.08 Å². The SMILES string of the molecule is O=COC1C=Cc2ccccc2C1O. The second-order valence-electron chi connectivity index (χ2n) is 3.13. The van der Waals surface area contributed by atoms with Gasteiger partial charge in [0.1, 0.15) is 12.2 Å². The average molecular weight is 190 g/mol. The lowest BCUT2D eigenvalue weighted by Gasteiger charge is -2.23. The summed E-state index contributed by atoms with van der Waals surface area (Å²) in [5.41, 5.74) is 1.76. The van der Waals surface area contributed by atoms with E-state index in [-0.39, 0.29) is 0 Å². The van der Waals surface area contributed by atoms with Gasteiger partial charge >= 0.3 is 0 Å². The van der Waals surface area contributed by atoms with E-state index in [0.29, 0.717) is 6.47 Å². The summed E-state index contributed by atoms with van der Waals surface area (Å²) < 4.78 is 4.73. The number of aliphatic hydroxyl groups excluding tert-OH is 1. The Morgan fingerprint density at radius 3 is 2.93 bits per heavy atom. The van der Waals surface area contributed by atoms with Crippen molar-refractivity contribution < 1.29 is 14.6 Å². The summed E-state index contributed by atoms with van der Waals surface area (Å²) in [6, 6.07) is 7.48. The van der Waals surface area contributed by atoms with Crippen LogP contribution in [-0.2, 0) is 9.53 Å². The van der Waals surface area contributed by atoms with Gasteiger partial charge in [0, 0.05) is 0 Å². The number of ether oxygens (including phenoxy) is 1. The topological polar surface area (TPSA) is 46.5 Å². The quantitative estimate of drug-likeness (QED) is 0.715. The zero-order chi connectivity index (χ0) is 9.97. The zero-order valence-electron chi connectivity index (χ0n) is 7.46. The molecule has 2 unspecified atom stereocenters. The second kappa shape index (κ2) is 3.64. The zero-order valence-corrected chi connectivity index (χ0v) is 7.46. The second-order valence-corrected chi connectivity index (χ2v) is 3.13. The third kappa shape index (κ3) is 1.42. The maximum absolute atomic E-state index is 10.2. The first-order chi connectivity index (χ1) is 6.83. The molecular weight excluding hydrogens is 180 g/mol. The van der Waals surface area contributed by atoms with Crippen LogP contribution in [0.2, 0.25) is 0 Å². The van der Waals surface area contributed by atoms with Crippen LogP contribution < -0.4 is 0 Å². The van der Waals surface area contributed by atoms with Crippen LogP contribution in [0.15, 0.2) is 30.3 Å². The first kappa shape index (κ1) is 8.97. The van der Waals surface area contributed by atoms with Gasteiger partial charge in [0.15, 0.2) is 0 Å². The molecule has 0 spiro atoms. The van der Waals surface area contributed by atoms with Crippen LogP contribution in [0.1, 0.15) is 17.2 Å². The molecule has 3 nitrogen and oxygen atoms in total. The summed E-state index contributed by atoms with van der Waals surface area (Å²) in [5, 5.41) is 9.82. The Morgan fingerprint density at radius 1 is 1.36 bits per heavy atom. The lowest BCUT2D eigenvalue weighted by molar-refractivity contribution is -0.136. The van der Waals surface area contributed by atoms with Crippen LogP contribution in [0, 0.1) is 0 Å². The van der Waals surface area contributed by atoms with Gasteiger partial charge in [0.25, 0.3) is 6.47 Å². The molecule has 2 atom stereocenters. The lowest BCUT2D eigenvalue weighted by Crippen LogP contribution is -2.22.